The number of hydrazine groups is 2. The number of nitrogens with two attached hydrogens (primary N) is 1. The molecule has 0 aliphatic heterocycles. The summed E-state index contributed by atoms with van der Waals surface area (Å²) in [4.78, 5) is 52.1. The molecule has 4 amide bonds. The summed E-state index contributed by atoms with van der Waals surface area (Å²) < 4.78 is 0. The topological polar surface area (TPSA) is 169 Å². The predicted molar refractivity (Wildman–Crippen MR) is 255 cm³/mol. The number of carboxylic acid groups (broad SMARTS) is 1. The molecule has 12 heteroatoms. The number of amides is 4. The van der Waals surface area contributed by atoms with Crippen LogP contribution in [-0.2, 0) is 14.4 Å². The first-order valence-electron chi connectivity index (χ1n) is 25.9. The van der Waals surface area contributed by atoms with Crippen LogP contribution in [-0.4, -0.2) is 84.8 Å². The zero-order valence-corrected chi connectivity index (χ0v) is 40.0. The van der Waals surface area contributed by atoms with E-state index in [1.807, 2.05) is 0 Å². The molecule has 0 saturated carbocycles. The molecule has 0 fully saturated rings. The van der Waals surface area contributed by atoms with Gasteiger partial charge in [-0.15, -0.1) is 5.12 Å². The van der Waals surface area contributed by atoms with E-state index in [9.17, 15) is 24.3 Å². The summed E-state index contributed by atoms with van der Waals surface area (Å²) in [5.74, 6) is -1.29. The van der Waals surface area contributed by atoms with Crippen LogP contribution in [0.2, 0.25) is 0 Å². The van der Waals surface area contributed by atoms with E-state index in [0.717, 1.165) is 87.4 Å². The third-order valence-electron chi connectivity index (χ3n) is 11.6. The molecular formula is C49H99N7O5. The molecular weight excluding hydrogens is 767 g/mol. The second kappa shape index (κ2) is 47.2. The number of hydrogen-bond donors (Lipinski definition) is 6. The van der Waals surface area contributed by atoms with Crippen molar-refractivity contribution in [2.75, 3.05) is 45.8 Å². The zero-order chi connectivity index (χ0) is 44.7. The number of carbonyl (C=O) groups is 4. The van der Waals surface area contributed by atoms with Crippen LogP contribution in [0.5, 0.6) is 0 Å². The Morgan fingerprint density at radius 1 is 0.426 bits per heavy atom. The first kappa shape index (κ1) is 58.7. The first-order chi connectivity index (χ1) is 29.8. The summed E-state index contributed by atoms with van der Waals surface area (Å²) in [7, 11) is 0. The SMILES string of the molecule is CCCCCCCCCCCCCCCCCC(=O)NN(CC(=O)N(CCCNCCCCNCCCN)C(=O)O)NC(=O)CCCCCCCCCCCCCCCCC. The fraction of sp³-hybridized carbons (Fsp3) is 0.918. The van der Waals surface area contributed by atoms with Crippen LogP contribution in [0.15, 0.2) is 0 Å². The highest BCUT2D eigenvalue weighted by Crippen LogP contribution is 2.15. The summed E-state index contributed by atoms with van der Waals surface area (Å²) in [5.41, 5.74) is 10.9. The van der Waals surface area contributed by atoms with E-state index in [0.29, 0.717) is 19.5 Å². The second-order valence-corrected chi connectivity index (χ2v) is 17.6. The van der Waals surface area contributed by atoms with E-state index < -0.39 is 18.5 Å². The van der Waals surface area contributed by atoms with Crippen molar-refractivity contribution in [3.63, 3.8) is 0 Å². The molecule has 7 N–H and O–H groups in total. The molecule has 0 aliphatic rings. The summed E-state index contributed by atoms with van der Waals surface area (Å²) in [6, 6.07) is 0. The van der Waals surface area contributed by atoms with Crippen molar-refractivity contribution < 1.29 is 24.3 Å². The Hall–Kier alpha value is -2.28. The largest absolute Gasteiger partial charge is 0.465 e. The number of carbonyl (C=O) groups excluding carboxylic acids is 3. The van der Waals surface area contributed by atoms with E-state index >= 15 is 0 Å². The quantitative estimate of drug-likeness (QED) is 0.0257. The summed E-state index contributed by atoms with van der Waals surface area (Å²) in [6.07, 6.45) is 39.8. The van der Waals surface area contributed by atoms with Crippen LogP contribution >= 0.6 is 0 Å². The molecule has 0 spiro atoms. The van der Waals surface area contributed by atoms with Crippen molar-refractivity contribution in [3.8, 4) is 0 Å². The van der Waals surface area contributed by atoms with Crippen molar-refractivity contribution in [1.29, 1.82) is 0 Å². The maximum atomic E-state index is 13.3. The van der Waals surface area contributed by atoms with Crippen LogP contribution in [0.25, 0.3) is 0 Å². The van der Waals surface area contributed by atoms with Gasteiger partial charge in [-0.2, -0.15) is 0 Å². The molecule has 0 rings (SSSR count). The number of nitrogens with zero attached hydrogens (tertiary/aromatic N) is 2. The average molecular weight is 866 g/mol. The molecule has 0 aromatic carbocycles. The van der Waals surface area contributed by atoms with Crippen molar-refractivity contribution in [3.05, 3.63) is 0 Å². The van der Waals surface area contributed by atoms with E-state index in [-0.39, 0.29) is 31.2 Å². The Kier molecular flexibility index (Phi) is 45.4. The Balaban J connectivity index is 4.64. The van der Waals surface area contributed by atoms with E-state index in [1.165, 1.54) is 154 Å². The van der Waals surface area contributed by atoms with Gasteiger partial charge in [-0.05, 0) is 71.2 Å². The van der Waals surface area contributed by atoms with Gasteiger partial charge in [0.15, 0.2) is 0 Å². The van der Waals surface area contributed by atoms with Gasteiger partial charge in [0.2, 0.25) is 17.7 Å². The van der Waals surface area contributed by atoms with E-state index in [1.54, 1.807) is 0 Å². The van der Waals surface area contributed by atoms with Crippen LogP contribution in [0, 0.1) is 0 Å². The molecule has 0 radical (unpaired) electrons. The normalized spacial score (nSPS) is 11.3. The fourth-order valence-electron chi connectivity index (χ4n) is 7.72. The smallest absolute Gasteiger partial charge is 0.414 e. The highest BCUT2D eigenvalue weighted by molar-refractivity contribution is 5.92. The van der Waals surface area contributed by atoms with Crippen molar-refractivity contribution >= 4 is 23.8 Å². The van der Waals surface area contributed by atoms with Crippen molar-refractivity contribution in [2.45, 2.75) is 245 Å². The molecule has 0 aliphatic carbocycles. The number of unbranched alkanes of at least 4 members (excludes halogenated alkanes) is 29. The molecule has 0 aromatic rings. The molecule has 0 atom stereocenters. The second-order valence-electron chi connectivity index (χ2n) is 17.6. The minimum atomic E-state index is -1.35. The molecule has 0 unspecified atom stereocenters. The molecule has 0 heterocycles. The third kappa shape index (κ3) is 42.8. The lowest BCUT2D eigenvalue weighted by molar-refractivity contribution is -0.139. The third-order valence-corrected chi connectivity index (χ3v) is 11.6. The van der Waals surface area contributed by atoms with Gasteiger partial charge in [0.05, 0.1) is 0 Å². The van der Waals surface area contributed by atoms with Crippen LogP contribution in [0.3, 0.4) is 0 Å². The zero-order valence-electron chi connectivity index (χ0n) is 40.0. The molecule has 0 aromatic heterocycles. The lowest BCUT2D eigenvalue weighted by Crippen LogP contribution is -2.57. The lowest BCUT2D eigenvalue weighted by atomic mass is 10.0. The van der Waals surface area contributed by atoms with Gasteiger partial charge in [0.1, 0.15) is 6.54 Å². The molecule has 61 heavy (non-hydrogen) atoms. The predicted octanol–water partition coefficient (Wildman–Crippen LogP) is 11.1. The molecule has 360 valence electrons. The number of imide groups is 1. The Morgan fingerprint density at radius 2 is 0.738 bits per heavy atom. The van der Waals surface area contributed by atoms with Gasteiger partial charge in [0, 0.05) is 19.4 Å². The molecule has 0 saturated heterocycles. The Morgan fingerprint density at radius 3 is 1.07 bits per heavy atom. The Labute approximate surface area is 375 Å². The molecule has 0 bridgehead atoms. The summed E-state index contributed by atoms with van der Waals surface area (Å²) >= 11 is 0. The van der Waals surface area contributed by atoms with E-state index in [2.05, 4.69) is 35.3 Å². The fourth-order valence-corrected chi connectivity index (χ4v) is 7.72. The van der Waals surface area contributed by atoms with Gasteiger partial charge in [-0.25, -0.2) is 9.69 Å². The Bertz CT molecular complexity index is 956. The minimum Gasteiger partial charge on any atom is -0.465 e. The highest BCUT2D eigenvalue weighted by atomic mass is 16.4. The highest BCUT2D eigenvalue weighted by Gasteiger charge is 2.24. The van der Waals surface area contributed by atoms with Crippen molar-refractivity contribution in [1.82, 2.24) is 31.5 Å². The van der Waals surface area contributed by atoms with Crippen LogP contribution < -0.4 is 27.2 Å². The van der Waals surface area contributed by atoms with Crippen LogP contribution in [0.4, 0.5) is 4.79 Å². The summed E-state index contributed by atoms with van der Waals surface area (Å²) in [6.45, 7) is 8.01. The maximum absolute atomic E-state index is 13.3. The van der Waals surface area contributed by atoms with Gasteiger partial charge < -0.3 is 21.5 Å². The minimum absolute atomic E-state index is 0.0236. The van der Waals surface area contributed by atoms with Gasteiger partial charge >= 0.3 is 6.09 Å². The number of nitrogens with one attached hydrogen (secondary N) is 4. The van der Waals surface area contributed by atoms with Crippen LogP contribution in [0.1, 0.15) is 245 Å². The lowest BCUT2D eigenvalue weighted by Gasteiger charge is -2.26. The summed E-state index contributed by atoms with van der Waals surface area (Å²) in [5, 5.41) is 17.6. The average Bonchev–Trinajstić information content (AvgIpc) is 3.23. The monoisotopic (exact) mass is 866 g/mol. The molecule has 12 nitrogen and oxygen atoms in total. The van der Waals surface area contributed by atoms with Gasteiger partial charge in [-0.3, -0.25) is 25.2 Å². The van der Waals surface area contributed by atoms with E-state index in [4.69, 9.17) is 5.73 Å². The van der Waals surface area contributed by atoms with Gasteiger partial charge in [0.25, 0.3) is 0 Å². The van der Waals surface area contributed by atoms with Crippen molar-refractivity contribution in [2.24, 2.45) is 5.73 Å². The first-order valence-corrected chi connectivity index (χ1v) is 25.9. The maximum Gasteiger partial charge on any atom is 0.414 e. The van der Waals surface area contributed by atoms with Gasteiger partial charge in [-0.1, -0.05) is 194 Å². The number of rotatable bonds is 48. The number of hydrogen-bond acceptors (Lipinski definition) is 8. The standard InChI is InChI=1S/C49H99N7O5/c1-3-5-7-9-11-13-15-17-19-21-23-25-27-29-31-37-46(57)53-56(45-48(59)55(49(60)61)44-36-43-52-41-34-33-40-51-42-35-39-50)54-47(58)38-32-30-28-26-24-22-20-18-16-14-12-10-8-6-4-2/h51-52H,3-45,50H2,1-2H3,(H,53,57)(H,54,58)(H,60,61).